The SMILES string of the molecule is COC(=O)c1cc(CNC(=O)c2csc(-c3cccs3)n2)oc1C. The van der Waals surface area contributed by atoms with Crippen LogP contribution in [0.2, 0.25) is 0 Å². The van der Waals surface area contributed by atoms with E-state index in [1.165, 1.54) is 18.4 Å². The molecule has 0 saturated heterocycles. The van der Waals surface area contributed by atoms with Crippen LogP contribution in [0.3, 0.4) is 0 Å². The monoisotopic (exact) mass is 362 g/mol. The number of carbonyl (C=O) groups is 2. The van der Waals surface area contributed by atoms with Crippen LogP contribution in [0.25, 0.3) is 9.88 Å². The first kappa shape index (κ1) is 16.4. The summed E-state index contributed by atoms with van der Waals surface area (Å²) in [5.74, 6) is 0.186. The van der Waals surface area contributed by atoms with Gasteiger partial charge in [-0.25, -0.2) is 9.78 Å². The number of nitrogens with one attached hydrogen (secondary N) is 1. The Morgan fingerprint density at radius 1 is 1.38 bits per heavy atom. The molecular weight excluding hydrogens is 348 g/mol. The lowest BCUT2D eigenvalue weighted by Gasteiger charge is -1.99. The van der Waals surface area contributed by atoms with Crippen LogP contribution in [0.15, 0.2) is 33.4 Å². The Morgan fingerprint density at radius 3 is 2.92 bits per heavy atom. The topological polar surface area (TPSA) is 81.4 Å². The molecule has 0 aromatic carbocycles. The summed E-state index contributed by atoms with van der Waals surface area (Å²) in [6.07, 6.45) is 0. The van der Waals surface area contributed by atoms with Crippen molar-refractivity contribution < 1.29 is 18.7 Å². The fourth-order valence-corrected chi connectivity index (χ4v) is 3.71. The summed E-state index contributed by atoms with van der Waals surface area (Å²) in [5.41, 5.74) is 0.718. The van der Waals surface area contributed by atoms with Crippen molar-refractivity contribution in [3.63, 3.8) is 0 Å². The molecular formula is C16H14N2O4S2. The minimum absolute atomic E-state index is 0.169. The summed E-state index contributed by atoms with van der Waals surface area (Å²) in [4.78, 5) is 29.1. The van der Waals surface area contributed by atoms with Crippen LogP contribution < -0.4 is 5.32 Å². The highest BCUT2D eigenvalue weighted by atomic mass is 32.1. The minimum atomic E-state index is -0.464. The zero-order chi connectivity index (χ0) is 17.1. The first-order valence-electron chi connectivity index (χ1n) is 7.03. The number of ether oxygens (including phenoxy) is 1. The van der Waals surface area contributed by atoms with Crippen LogP contribution in [0.1, 0.15) is 32.4 Å². The zero-order valence-electron chi connectivity index (χ0n) is 13.0. The zero-order valence-corrected chi connectivity index (χ0v) is 14.6. The van der Waals surface area contributed by atoms with Gasteiger partial charge in [-0.2, -0.15) is 0 Å². The molecule has 1 amide bonds. The molecule has 0 atom stereocenters. The number of hydrogen-bond donors (Lipinski definition) is 1. The van der Waals surface area contributed by atoms with Crippen molar-refractivity contribution >= 4 is 34.6 Å². The maximum Gasteiger partial charge on any atom is 0.341 e. The van der Waals surface area contributed by atoms with Crippen molar-refractivity contribution in [3.05, 3.63) is 51.7 Å². The Morgan fingerprint density at radius 2 is 2.21 bits per heavy atom. The second kappa shape index (κ2) is 6.98. The van der Waals surface area contributed by atoms with E-state index >= 15 is 0 Å². The molecule has 0 aliphatic rings. The number of furan rings is 1. The number of esters is 1. The molecule has 0 fully saturated rings. The number of aryl methyl sites for hydroxylation is 1. The van der Waals surface area contributed by atoms with E-state index in [1.54, 1.807) is 29.7 Å². The highest BCUT2D eigenvalue weighted by Crippen LogP contribution is 2.27. The molecule has 0 aliphatic heterocycles. The van der Waals surface area contributed by atoms with Gasteiger partial charge in [0.15, 0.2) is 0 Å². The maximum atomic E-state index is 12.2. The average Bonchev–Trinajstić information content (AvgIpc) is 3.31. The Labute approximate surface area is 146 Å². The van der Waals surface area contributed by atoms with E-state index in [9.17, 15) is 9.59 Å². The summed E-state index contributed by atoms with van der Waals surface area (Å²) in [6.45, 7) is 1.84. The molecule has 8 heteroatoms. The molecule has 3 aromatic heterocycles. The molecule has 3 heterocycles. The molecule has 0 bridgehead atoms. The first-order chi connectivity index (χ1) is 11.6. The summed E-state index contributed by atoms with van der Waals surface area (Å²) in [7, 11) is 1.31. The quantitative estimate of drug-likeness (QED) is 0.703. The van der Waals surface area contributed by atoms with Crippen molar-refractivity contribution in [2.45, 2.75) is 13.5 Å². The third-order valence-electron chi connectivity index (χ3n) is 3.27. The van der Waals surface area contributed by atoms with E-state index in [1.807, 2.05) is 17.5 Å². The van der Waals surface area contributed by atoms with Gasteiger partial charge in [0.05, 0.1) is 18.5 Å². The van der Waals surface area contributed by atoms with Gasteiger partial charge in [-0.3, -0.25) is 4.79 Å². The smallest absolute Gasteiger partial charge is 0.341 e. The van der Waals surface area contributed by atoms with Crippen molar-refractivity contribution in [3.8, 4) is 9.88 Å². The van der Waals surface area contributed by atoms with Crippen LogP contribution in [0.4, 0.5) is 0 Å². The number of rotatable bonds is 5. The maximum absolute atomic E-state index is 12.2. The summed E-state index contributed by atoms with van der Waals surface area (Å²) in [5, 5.41) is 7.24. The first-order valence-corrected chi connectivity index (χ1v) is 8.79. The number of carbonyl (C=O) groups excluding carboxylic acids is 2. The van der Waals surface area contributed by atoms with Gasteiger partial charge in [0.25, 0.3) is 5.91 Å². The Kier molecular flexibility index (Phi) is 4.77. The van der Waals surface area contributed by atoms with E-state index in [2.05, 4.69) is 15.0 Å². The normalized spacial score (nSPS) is 10.6. The lowest BCUT2D eigenvalue weighted by atomic mass is 10.2. The van der Waals surface area contributed by atoms with Gasteiger partial charge in [-0.15, -0.1) is 22.7 Å². The molecule has 3 rings (SSSR count). The fraction of sp³-hybridized carbons (Fsp3) is 0.188. The number of methoxy groups -OCH3 is 1. The lowest BCUT2D eigenvalue weighted by Crippen LogP contribution is -2.22. The van der Waals surface area contributed by atoms with E-state index < -0.39 is 5.97 Å². The number of aromatic nitrogens is 1. The molecule has 124 valence electrons. The molecule has 0 unspecified atom stereocenters. The fourth-order valence-electron chi connectivity index (χ4n) is 2.09. The second-order valence-corrected chi connectivity index (χ2v) is 6.68. The average molecular weight is 362 g/mol. The van der Waals surface area contributed by atoms with Crippen LogP contribution in [0.5, 0.6) is 0 Å². The summed E-state index contributed by atoms with van der Waals surface area (Å²) >= 11 is 3.00. The van der Waals surface area contributed by atoms with Crippen molar-refractivity contribution in [1.82, 2.24) is 10.3 Å². The van der Waals surface area contributed by atoms with E-state index in [0.29, 0.717) is 22.8 Å². The highest BCUT2D eigenvalue weighted by molar-refractivity contribution is 7.20. The van der Waals surface area contributed by atoms with Gasteiger partial charge < -0.3 is 14.5 Å². The molecule has 0 spiro atoms. The third kappa shape index (κ3) is 3.39. The predicted molar refractivity (Wildman–Crippen MR) is 91.4 cm³/mol. The van der Waals surface area contributed by atoms with Crippen LogP contribution in [-0.4, -0.2) is 24.0 Å². The third-order valence-corrected chi connectivity index (χ3v) is 5.15. The molecule has 0 aliphatic carbocycles. The largest absolute Gasteiger partial charge is 0.465 e. The summed E-state index contributed by atoms with van der Waals surface area (Å²) in [6, 6.07) is 5.48. The molecule has 0 saturated carbocycles. The van der Waals surface area contributed by atoms with Crippen LogP contribution in [-0.2, 0) is 11.3 Å². The number of thiophene rings is 1. The molecule has 0 radical (unpaired) electrons. The number of thiazole rings is 1. The van der Waals surface area contributed by atoms with Gasteiger partial charge >= 0.3 is 5.97 Å². The van der Waals surface area contributed by atoms with Gasteiger partial charge in [-0.1, -0.05) is 6.07 Å². The Balaban J connectivity index is 1.65. The van der Waals surface area contributed by atoms with E-state index in [0.717, 1.165) is 9.88 Å². The van der Waals surface area contributed by atoms with Crippen LogP contribution in [0, 0.1) is 6.92 Å². The molecule has 24 heavy (non-hydrogen) atoms. The van der Waals surface area contributed by atoms with Crippen molar-refractivity contribution in [1.29, 1.82) is 0 Å². The minimum Gasteiger partial charge on any atom is -0.465 e. The second-order valence-electron chi connectivity index (χ2n) is 4.87. The van der Waals surface area contributed by atoms with Gasteiger partial charge in [0, 0.05) is 5.38 Å². The standard InChI is InChI=1S/C16H14N2O4S2/c1-9-11(16(20)21-2)6-10(22-9)7-17-14(19)12-8-24-15(18-12)13-4-3-5-23-13/h3-6,8H,7H2,1-2H3,(H,17,19). The molecule has 6 nitrogen and oxygen atoms in total. The van der Waals surface area contributed by atoms with Crippen molar-refractivity contribution in [2.24, 2.45) is 0 Å². The molecule has 3 aromatic rings. The van der Waals surface area contributed by atoms with E-state index in [-0.39, 0.29) is 12.5 Å². The predicted octanol–water partition coefficient (Wildman–Crippen LogP) is 3.49. The highest BCUT2D eigenvalue weighted by Gasteiger charge is 2.17. The number of nitrogens with zero attached hydrogens (tertiary/aromatic N) is 1. The van der Waals surface area contributed by atoms with Gasteiger partial charge in [0.1, 0.15) is 27.8 Å². The Bertz CT molecular complexity index is 865. The van der Waals surface area contributed by atoms with Gasteiger partial charge in [-0.05, 0) is 24.4 Å². The summed E-state index contributed by atoms with van der Waals surface area (Å²) < 4.78 is 10.1. The number of hydrogen-bond acceptors (Lipinski definition) is 7. The number of amides is 1. The van der Waals surface area contributed by atoms with E-state index in [4.69, 9.17) is 4.42 Å². The van der Waals surface area contributed by atoms with Gasteiger partial charge in [0.2, 0.25) is 0 Å². The molecule has 1 N–H and O–H groups in total. The lowest BCUT2D eigenvalue weighted by molar-refractivity contribution is 0.0598. The van der Waals surface area contributed by atoms with Crippen molar-refractivity contribution in [2.75, 3.05) is 7.11 Å². The van der Waals surface area contributed by atoms with Crippen LogP contribution >= 0.6 is 22.7 Å². The Hall–Kier alpha value is -2.45.